The zero-order valence-corrected chi connectivity index (χ0v) is 14.1. The van der Waals surface area contributed by atoms with Crippen LogP contribution in [0.3, 0.4) is 0 Å². The molecule has 2 aromatic rings. The van der Waals surface area contributed by atoms with Gasteiger partial charge in [0.05, 0.1) is 0 Å². The summed E-state index contributed by atoms with van der Waals surface area (Å²) in [5, 5.41) is 2.82. The molecule has 0 unspecified atom stereocenters. The van der Waals surface area contributed by atoms with E-state index in [-0.39, 0.29) is 11.8 Å². The molecule has 1 aliphatic rings. The quantitative estimate of drug-likeness (QED) is 0.942. The van der Waals surface area contributed by atoms with Crippen LogP contribution in [0, 0.1) is 6.92 Å². The molecule has 4 heteroatoms. The highest BCUT2D eigenvalue weighted by molar-refractivity contribution is 6.07. The fourth-order valence-corrected chi connectivity index (χ4v) is 3.15. The molecule has 0 radical (unpaired) electrons. The highest BCUT2D eigenvalue weighted by atomic mass is 16.2. The maximum absolute atomic E-state index is 12.9. The number of nitrogens with zero attached hydrogens (tertiary/aromatic N) is 1. The molecule has 3 rings (SSSR count). The van der Waals surface area contributed by atoms with Crippen LogP contribution in [-0.2, 0) is 6.42 Å². The minimum absolute atomic E-state index is 0.0189. The van der Waals surface area contributed by atoms with E-state index in [1.165, 1.54) is 0 Å². The Labute approximate surface area is 142 Å². The largest absolute Gasteiger partial charge is 0.352 e. The molecule has 124 valence electrons. The minimum Gasteiger partial charge on any atom is -0.352 e. The van der Waals surface area contributed by atoms with E-state index in [1.807, 2.05) is 55.1 Å². The predicted octanol–water partition coefficient (Wildman–Crippen LogP) is 3.34. The number of aryl methyl sites for hydroxylation is 2. The first-order valence-electron chi connectivity index (χ1n) is 8.40. The molecular formula is C20H22N2O2. The number of carbonyl (C=O) groups excluding carboxylic acids is 2. The van der Waals surface area contributed by atoms with E-state index in [2.05, 4.69) is 5.32 Å². The van der Waals surface area contributed by atoms with Crippen molar-refractivity contribution in [3.63, 3.8) is 0 Å². The minimum atomic E-state index is -0.0672. The maximum Gasteiger partial charge on any atom is 0.258 e. The van der Waals surface area contributed by atoms with Crippen LogP contribution in [-0.4, -0.2) is 24.9 Å². The van der Waals surface area contributed by atoms with E-state index in [0.29, 0.717) is 24.2 Å². The van der Waals surface area contributed by atoms with Gasteiger partial charge in [-0.2, -0.15) is 0 Å². The Kier molecular flexibility index (Phi) is 4.65. The lowest BCUT2D eigenvalue weighted by Gasteiger charge is -2.30. The standard InChI is InChI=1S/C20H22N2O2/c1-3-21-19(23)16-9-10-18-15(13-16)8-5-11-22(18)20(24)17-7-4-6-14(2)12-17/h4,6-7,9-10,12-13H,3,5,8,11H2,1-2H3,(H,21,23). The summed E-state index contributed by atoms with van der Waals surface area (Å²) in [6.07, 6.45) is 1.80. The van der Waals surface area contributed by atoms with Crippen LogP contribution in [0.5, 0.6) is 0 Å². The van der Waals surface area contributed by atoms with E-state index in [1.54, 1.807) is 6.07 Å². The van der Waals surface area contributed by atoms with Crippen LogP contribution in [0.25, 0.3) is 0 Å². The second-order valence-electron chi connectivity index (χ2n) is 6.13. The number of fused-ring (bicyclic) bond motifs is 1. The summed E-state index contributed by atoms with van der Waals surface area (Å²) in [5.41, 5.74) is 4.41. The molecule has 1 aliphatic heterocycles. The summed E-state index contributed by atoms with van der Waals surface area (Å²) < 4.78 is 0. The Hall–Kier alpha value is -2.62. The van der Waals surface area contributed by atoms with Gasteiger partial charge in [-0.15, -0.1) is 0 Å². The Morgan fingerprint density at radius 1 is 1.12 bits per heavy atom. The summed E-state index contributed by atoms with van der Waals surface area (Å²) in [4.78, 5) is 26.7. The molecule has 0 bridgehead atoms. The van der Waals surface area contributed by atoms with Crippen LogP contribution in [0.2, 0.25) is 0 Å². The molecular weight excluding hydrogens is 300 g/mol. The Morgan fingerprint density at radius 3 is 2.71 bits per heavy atom. The van der Waals surface area contributed by atoms with Crippen molar-refractivity contribution in [2.75, 3.05) is 18.0 Å². The van der Waals surface area contributed by atoms with E-state index in [4.69, 9.17) is 0 Å². The summed E-state index contributed by atoms with van der Waals surface area (Å²) in [6, 6.07) is 13.3. The molecule has 0 aromatic heterocycles. The third kappa shape index (κ3) is 3.18. The number of anilines is 1. The Morgan fingerprint density at radius 2 is 1.96 bits per heavy atom. The second-order valence-corrected chi connectivity index (χ2v) is 6.13. The van der Waals surface area contributed by atoms with Gasteiger partial charge in [0.1, 0.15) is 0 Å². The topological polar surface area (TPSA) is 49.4 Å². The molecule has 0 aliphatic carbocycles. The Bertz CT molecular complexity index is 783. The lowest BCUT2D eigenvalue weighted by atomic mass is 9.98. The van der Waals surface area contributed by atoms with Gasteiger partial charge in [0, 0.05) is 29.9 Å². The van der Waals surface area contributed by atoms with Crippen LogP contribution in [0.1, 0.15) is 45.2 Å². The fraction of sp³-hybridized carbons (Fsp3) is 0.300. The van der Waals surface area contributed by atoms with Gasteiger partial charge in [-0.3, -0.25) is 9.59 Å². The summed E-state index contributed by atoms with van der Waals surface area (Å²) in [6.45, 7) is 5.20. The second kappa shape index (κ2) is 6.87. The number of carbonyl (C=O) groups is 2. The van der Waals surface area contributed by atoms with Crippen molar-refractivity contribution in [1.82, 2.24) is 5.32 Å². The van der Waals surface area contributed by atoms with E-state index in [9.17, 15) is 9.59 Å². The number of nitrogens with one attached hydrogen (secondary N) is 1. The molecule has 0 spiro atoms. The summed E-state index contributed by atoms with van der Waals surface area (Å²) in [5.74, 6) is -0.0483. The zero-order valence-electron chi connectivity index (χ0n) is 14.1. The highest BCUT2D eigenvalue weighted by Crippen LogP contribution is 2.29. The average Bonchev–Trinajstić information content (AvgIpc) is 2.60. The van der Waals surface area contributed by atoms with Gasteiger partial charge in [-0.1, -0.05) is 17.7 Å². The first kappa shape index (κ1) is 16.2. The molecule has 2 amide bonds. The van der Waals surface area contributed by atoms with Gasteiger partial charge < -0.3 is 10.2 Å². The Balaban J connectivity index is 1.91. The summed E-state index contributed by atoms with van der Waals surface area (Å²) in [7, 11) is 0. The number of amides is 2. The van der Waals surface area contributed by atoms with Crippen LogP contribution in [0.4, 0.5) is 5.69 Å². The van der Waals surface area contributed by atoms with Gasteiger partial charge in [-0.05, 0) is 62.6 Å². The third-order valence-corrected chi connectivity index (χ3v) is 4.31. The highest BCUT2D eigenvalue weighted by Gasteiger charge is 2.24. The zero-order chi connectivity index (χ0) is 17.1. The number of benzene rings is 2. The van der Waals surface area contributed by atoms with Crippen LogP contribution >= 0.6 is 0 Å². The molecule has 0 fully saturated rings. The van der Waals surface area contributed by atoms with Crippen molar-refractivity contribution in [3.05, 3.63) is 64.7 Å². The van der Waals surface area contributed by atoms with Gasteiger partial charge in [-0.25, -0.2) is 0 Å². The normalized spacial score (nSPS) is 13.3. The van der Waals surface area contributed by atoms with Crippen LogP contribution in [0.15, 0.2) is 42.5 Å². The first-order chi connectivity index (χ1) is 11.6. The molecule has 2 aromatic carbocycles. The van der Waals surface area contributed by atoms with Gasteiger partial charge in [0.15, 0.2) is 0 Å². The molecule has 1 heterocycles. The fourth-order valence-electron chi connectivity index (χ4n) is 3.15. The van der Waals surface area contributed by atoms with E-state index >= 15 is 0 Å². The summed E-state index contributed by atoms with van der Waals surface area (Å²) >= 11 is 0. The number of rotatable bonds is 3. The van der Waals surface area contributed by atoms with Crippen LogP contribution < -0.4 is 10.2 Å². The molecule has 4 nitrogen and oxygen atoms in total. The molecule has 0 saturated heterocycles. The number of hydrogen-bond donors (Lipinski definition) is 1. The number of hydrogen-bond acceptors (Lipinski definition) is 2. The third-order valence-electron chi connectivity index (χ3n) is 4.31. The van der Waals surface area contributed by atoms with Crippen molar-refractivity contribution in [2.45, 2.75) is 26.7 Å². The monoisotopic (exact) mass is 322 g/mol. The molecule has 1 N–H and O–H groups in total. The van der Waals surface area contributed by atoms with E-state index < -0.39 is 0 Å². The van der Waals surface area contributed by atoms with Crippen molar-refractivity contribution in [3.8, 4) is 0 Å². The van der Waals surface area contributed by atoms with Gasteiger partial charge in [0.25, 0.3) is 11.8 Å². The van der Waals surface area contributed by atoms with Crippen molar-refractivity contribution in [2.24, 2.45) is 0 Å². The maximum atomic E-state index is 12.9. The van der Waals surface area contributed by atoms with Gasteiger partial charge >= 0.3 is 0 Å². The average molecular weight is 322 g/mol. The predicted molar refractivity (Wildman–Crippen MR) is 95.6 cm³/mol. The molecule has 24 heavy (non-hydrogen) atoms. The van der Waals surface area contributed by atoms with Crippen molar-refractivity contribution in [1.29, 1.82) is 0 Å². The lowest BCUT2D eigenvalue weighted by molar-refractivity contribution is 0.0954. The first-order valence-corrected chi connectivity index (χ1v) is 8.40. The lowest BCUT2D eigenvalue weighted by Crippen LogP contribution is -2.35. The molecule has 0 saturated carbocycles. The van der Waals surface area contributed by atoms with E-state index in [0.717, 1.165) is 29.7 Å². The van der Waals surface area contributed by atoms with Crippen molar-refractivity contribution >= 4 is 17.5 Å². The smallest absolute Gasteiger partial charge is 0.258 e. The molecule has 0 atom stereocenters. The van der Waals surface area contributed by atoms with Crippen molar-refractivity contribution < 1.29 is 9.59 Å². The SMILES string of the molecule is CCNC(=O)c1ccc2c(c1)CCCN2C(=O)c1cccc(C)c1. The van der Waals surface area contributed by atoms with Gasteiger partial charge in [0.2, 0.25) is 0 Å².